The Morgan fingerprint density at radius 3 is 2.50 bits per heavy atom. The lowest BCUT2D eigenvalue weighted by molar-refractivity contribution is -0.131. The summed E-state index contributed by atoms with van der Waals surface area (Å²) in [4.78, 5) is 10.9. The molecule has 1 aliphatic carbocycles. The summed E-state index contributed by atoms with van der Waals surface area (Å²) in [6.07, 6.45) is 3.53. The normalized spacial score (nSPS) is 15.6. The number of carbonyl (C=O) groups is 1. The van der Waals surface area contributed by atoms with Crippen LogP contribution >= 0.6 is 0 Å². The third-order valence-electron chi connectivity index (χ3n) is 3.35. The van der Waals surface area contributed by atoms with Gasteiger partial charge in [0.15, 0.2) is 0 Å². The Kier molecular flexibility index (Phi) is 3.41. The third-order valence-corrected chi connectivity index (χ3v) is 3.35. The minimum absolute atomic E-state index is 0.410. The van der Waals surface area contributed by atoms with Crippen molar-refractivity contribution in [2.75, 3.05) is 7.11 Å². The smallest absolute Gasteiger partial charge is 0.328 e. The Morgan fingerprint density at radius 1 is 1.33 bits per heavy atom. The van der Waals surface area contributed by atoms with Gasteiger partial charge in [-0.25, -0.2) is 4.79 Å². The Morgan fingerprint density at radius 2 is 2.00 bits per heavy atom. The van der Waals surface area contributed by atoms with Crippen molar-refractivity contribution in [1.82, 2.24) is 0 Å². The van der Waals surface area contributed by atoms with Crippen LogP contribution in [0.25, 0.3) is 5.57 Å². The number of methoxy groups -OCH3 is 1. The fourth-order valence-corrected chi connectivity index (χ4v) is 2.26. The van der Waals surface area contributed by atoms with Crippen molar-refractivity contribution in [3.8, 4) is 5.75 Å². The van der Waals surface area contributed by atoms with E-state index in [1.807, 2.05) is 26.0 Å². The molecule has 0 radical (unpaired) electrons. The largest absolute Gasteiger partial charge is 0.496 e. The van der Waals surface area contributed by atoms with Gasteiger partial charge >= 0.3 is 5.97 Å². The van der Waals surface area contributed by atoms with Crippen LogP contribution in [-0.2, 0) is 4.79 Å². The summed E-state index contributed by atoms with van der Waals surface area (Å²) in [5.74, 6) is 0.388. The van der Waals surface area contributed by atoms with E-state index in [2.05, 4.69) is 0 Å². The topological polar surface area (TPSA) is 46.5 Å². The van der Waals surface area contributed by atoms with Crippen LogP contribution < -0.4 is 4.74 Å². The average Bonchev–Trinajstić information content (AvgIpc) is 3.12. The fraction of sp³-hybridized carbons (Fsp3) is 0.400. The maximum absolute atomic E-state index is 10.9. The van der Waals surface area contributed by atoms with Crippen LogP contribution in [0.15, 0.2) is 18.2 Å². The molecule has 18 heavy (non-hydrogen) atoms. The molecule has 96 valence electrons. The zero-order chi connectivity index (χ0) is 13.3. The number of carboxylic acids is 1. The predicted octanol–water partition coefficient (Wildman–Crippen LogP) is 3.19. The molecule has 0 aromatic heterocycles. The van der Waals surface area contributed by atoms with Crippen molar-refractivity contribution in [2.45, 2.75) is 26.7 Å². The fourth-order valence-electron chi connectivity index (χ4n) is 2.26. The molecule has 0 aliphatic heterocycles. The van der Waals surface area contributed by atoms with E-state index < -0.39 is 5.97 Å². The summed E-state index contributed by atoms with van der Waals surface area (Å²) in [7, 11) is 1.65. The van der Waals surface area contributed by atoms with Crippen LogP contribution in [0.2, 0.25) is 0 Å². The van der Waals surface area contributed by atoms with Crippen molar-refractivity contribution in [2.24, 2.45) is 5.92 Å². The molecule has 1 saturated carbocycles. The molecular formula is C15H18O3. The molecule has 1 aromatic carbocycles. The Balaban J connectivity index is 2.48. The van der Waals surface area contributed by atoms with E-state index in [0.717, 1.165) is 40.9 Å². The first-order valence-corrected chi connectivity index (χ1v) is 6.13. The molecule has 3 heteroatoms. The highest BCUT2D eigenvalue weighted by atomic mass is 16.5. The number of benzene rings is 1. The van der Waals surface area contributed by atoms with Gasteiger partial charge in [0.25, 0.3) is 0 Å². The highest BCUT2D eigenvalue weighted by molar-refractivity contribution is 5.91. The molecule has 0 heterocycles. The first-order valence-electron chi connectivity index (χ1n) is 6.13. The van der Waals surface area contributed by atoms with E-state index in [1.54, 1.807) is 7.11 Å². The molecule has 2 rings (SSSR count). The van der Waals surface area contributed by atoms with Gasteiger partial charge in [0.2, 0.25) is 0 Å². The van der Waals surface area contributed by atoms with Crippen LogP contribution in [0.1, 0.15) is 29.5 Å². The van der Waals surface area contributed by atoms with Gasteiger partial charge in [0.1, 0.15) is 5.75 Å². The summed E-state index contributed by atoms with van der Waals surface area (Å²) in [5, 5.41) is 8.98. The zero-order valence-electron chi connectivity index (χ0n) is 11.0. The standard InChI is InChI=1S/C15H18O3/c1-9-7-14(18-3)10(2)6-12(9)13(8-15(16)17)11-4-5-11/h6-8,11H,4-5H2,1-3H3,(H,16,17)/b13-8+. The number of aryl methyl sites for hydroxylation is 2. The number of hydrogen-bond acceptors (Lipinski definition) is 2. The number of allylic oxidation sites excluding steroid dienone is 1. The van der Waals surface area contributed by atoms with Gasteiger partial charge in [0, 0.05) is 6.08 Å². The molecule has 1 fully saturated rings. The average molecular weight is 246 g/mol. The highest BCUT2D eigenvalue weighted by Crippen LogP contribution is 2.43. The van der Waals surface area contributed by atoms with Gasteiger partial charge < -0.3 is 9.84 Å². The zero-order valence-corrected chi connectivity index (χ0v) is 11.0. The van der Waals surface area contributed by atoms with E-state index >= 15 is 0 Å². The Bertz CT molecular complexity index is 511. The second-order valence-corrected chi connectivity index (χ2v) is 4.85. The number of aliphatic carboxylic acids is 1. The molecule has 1 N–H and O–H groups in total. The van der Waals surface area contributed by atoms with Crippen LogP contribution in [-0.4, -0.2) is 18.2 Å². The van der Waals surface area contributed by atoms with Gasteiger partial charge in [-0.3, -0.25) is 0 Å². The van der Waals surface area contributed by atoms with Crippen LogP contribution in [0.3, 0.4) is 0 Å². The Hall–Kier alpha value is -1.77. The third kappa shape index (κ3) is 2.55. The number of carboxylic acid groups (broad SMARTS) is 1. The van der Waals surface area contributed by atoms with E-state index in [-0.39, 0.29) is 0 Å². The summed E-state index contributed by atoms with van der Waals surface area (Å²) >= 11 is 0. The summed E-state index contributed by atoms with van der Waals surface area (Å²) in [6, 6.07) is 4.00. The number of ether oxygens (including phenoxy) is 1. The van der Waals surface area contributed by atoms with Crippen LogP contribution in [0.5, 0.6) is 5.75 Å². The first-order chi connectivity index (χ1) is 8.52. The lowest BCUT2D eigenvalue weighted by atomic mass is 9.94. The maximum atomic E-state index is 10.9. The summed E-state index contributed by atoms with van der Waals surface area (Å²) in [5.41, 5.74) is 4.09. The summed E-state index contributed by atoms with van der Waals surface area (Å²) in [6.45, 7) is 3.97. The van der Waals surface area contributed by atoms with Gasteiger partial charge in [-0.1, -0.05) is 0 Å². The van der Waals surface area contributed by atoms with Crippen LogP contribution in [0.4, 0.5) is 0 Å². The van der Waals surface area contributed by atoms with E-state index in [4.69, 9.17) is 9.84 Å². The van der Waals surface area contributed by atoms with Crippen LogP contribution in [0, 0.1) is 19.8 Å². The SMILES string of the molecule is COc1cc(C)c(/C(=C/C(=O)O)C2CC2)cc1C. The van der Waals surface area contributed by atoms with E-state index in [9.17, 15) is 4.79 Å². The van der Waals surface area contributed by atoms with Crippen molar-refractivity contribution in [3.63, 3.8) is 0 Å². The highest BCUT2D eigenvalue weighted by Gasteiger charge is 2.28. The Labute approximate surface area is 107 Å². The number of rotatable bonds is 4. The number of hydrogen-bond donors (Lipinski definition) is 1. The molecule has 0 atom stereocenters. The molecular weight excluding hydrogens is 228 g/mol. The van der Waals surface area contributed by atoms with Crippen molar-refractivity contribution in [3.05, 3.63) is 34.9 Å². The van der Waals surface area contributed by atoms with E-state index in [0.29, 0.717) is 5.92 Å². The minimum Gasteiger partial charge on any atom is -0.496 e. The van der Waals surface area contributed by atoms with Crippen molar-refractivity contribution in [1.29, 1.82) is 0 Å². The molecule has 0 spiro atoms. The second-order valence-electron chi connectivity index (χ2n) is 4.85. The molecule has 0 unspecified atom stereocenters. The molecule has 1 aliphatic rings. The molecule has 0 saturated heterocycles. The quantitative estimate of drug-likeness (QED) is 0.830. The van der Waals surface area contributed by atoms with Crippen molar-refractivity contribution < 1.29 is 14.6 Å². The van der Waals surface area contributed by atoms with Gasteiger partial charge in [0.05, 0.1) is 7.11 Å². The van der Waals surface area contributed by atoms with Crippen molar-refractivity contribution >= 4 is 11.5 Å². The lowest BCUT2D eigenvalue weighted by Gasteiger charge is -2.13. The van der Waals surface area contributed by atoms with Gasteiger partial charge in [-0.05, 0) is 67.0 Å². The van der Waals surface area contributed by atoms with Gasteiger partial charge in [-0.2, -0.15) is 0 Å². The lowest BCUT2D eigenvalue weighted by Crippen LogP contribution is -1.99. The van der Waals surface area contributed by atoms with E-state index in [1.165, 1.54) is 6.08 Å². The maximum Gasteiger partial charge on any atom is 0.328 e. The monoisotopic (exact) mass is 246 g/mol. The molecule has 1 aromatic rings. The minimum atomic E-state index is -0.871. The second kappa shape index (κ2) is 4.84. The first kappa shape index (κ1) is 12.7. The molecule has 0 bridgehead atoms. The van der Waals surface area contributed by atoms with Gasteiger partial charge in [-0.15, -0.1) is 0 Å². The molecule has 3 nitrogen and oxygen atoms in total. The summed E-state index contributed by atoms with van der Waals surface area (Å²) < 4.78 is 5.28. The predicted molar refractivity (Wildman–Crippen MR) is 70.8 cm³/mol. The molecule has 0 amide bonds.